The van der Waals surface area contributed by atoms with Gasteiger partial charge in [-0.15, -0.1) is 0 Å². The molecule has 31 heavy (non-hydrogen) atoms. The van der Waals surface area contributed by atoms with Gasteiger partial charge in [-0.3, -0.25) is 0 Å². The van der Waals surface area contributed by atoms with Crippen LogP contribution in [0.2, 0.25) is 0 Å². The van der Waals surface area contributed by atoms with Crippen molar-refractivity contribution in [2.75, 3.05) is 0 Å². The van der Waals surface area contributed by atoms with Gasteiger partial charge in [-0.25, -0.2) is 23.7 Å². The monoisotopic (exact) mass is 412 g/mol. The van der Waals surface area contributed by atoms with Gasteiger partial charge in [-0.05, 0) is 51.1 Å². The molecule has 0 unspecified atom stereocenters. The lowest BCUT2D eigenvalue weighted by Gasteiger charge is -2.07. The summed E-state index contributed by atoms with van der Waals surface area (Å²) in [6.45, 7) is 6.00. The van der Waals surface area contributed by atoms with Crippen molar-refractivity contribution in [2.45, 2.75) is 27.2 Å². The first-order valence-electron chi connectivity index (χ1n) is 10.1. The van der Waals surface area contributed by atoms with Crippen molar-refractivity contribution in [1.82, 2.24) is 29.5 Å². The molecule has 0 spiro atoms. The molecule has 5 aromatic rings. The molecule has 0 aliphatic carbocycles. The normalized spacial score (nSPS) is 11.4. The number of para-hydroxylation sites is 1. The third-order valence-electron chi connectivity index (χ3n) is 5.57. The second-order valence-electron chi connectivity index (χ2n) is 7.60. The van der Waals surface area contributed by atoms with Crippen LogP contribution in [-0.4, -0.2) is 29.5 Å². The summed E-state index contributed by atoms with van der Waals surface area (Å²) in [7, 11) is 0. The minimum atomic E-state index is -0.264. The van der Waals surface area contributed by atoms with Gasteiger partial charge in [0.15, 0.2) is 5.82 Å². The number of nitrogens with zero attached hydrogens (tertiary/aromatic N) is 6. The predicted octanol–water partition coefficient (Wildman–Crippen LogP) is 4.66. The summed E-state index contributed by atoms with van der Waals surface area (Å²) in [6, 6.07) is 16.4. The summed E-state index contributed by atoms with van der Waals surface area (Å²) in [5, 5.41) is 10.4. The van der Waals surface area contributed by atoms with E-state index in [4.69, 9.17) is 0 Å². The van der Waals surface area contributed by atoms with E-state index in [9.17, 15) is 4.39 Å². The lowest BCUT2D eigenvalue weighted by atomic mass is 10.1. The molecule has 0 saturated heterocycles. The predicted molar refractivity (Wildman–Crippen MR) is 117 cm³/mol. The van der Waals surface area contributed by atoms with Crippen LogP contribution in [0.3, 0.4) is 0 Å². The average Bonchev–Trinajstić information content (AvgIpc) is 3.26. The van der Waals surface area contributed by atoms with Crippen molar-refractivity contribution >= 4 is 10.9 Å². The second kappa shape index (κ2) is 7.43. The molecule has 0 N–H and O–H groups in total. The summed E-state index contributed by atoms with van der Waals surface area (Å²) < 4.78 is 17.0. The highest BCUT2D eigenvalue weighted by Crippen LogP contribution is 2.23. The molecule has 3 heterocycles. The number of aryl methyl sites for hydroxylation is 2. The van der Waals surface area contributed by atoms with Crippen molar-refractivity contribution in [3.8, 4) is 11.5 Å². The number of hydrogen-bond donors (Lipinski definition) is 0. The second-order valence-corrected chi connectivity index (χ2v) is 7.60. The molecule has 5 rings (SSSR count). The molecular formula is C24H21FN6. The molecule has 154 valence electrons. The van der Waals surface area contributed by atoms with Gasteiger partial charge >= 0.3 is 0 Å². The number of fused-ring (bicyclic) bond motifs is 1. The third-order valence-corrected chi connectivity index (χ3v) is 5.57. The lowest BCUT2D eigenvalue weighted by Crippen LogP contribution is -2.04. The molecule has 7 heteroatoms. The minimum Gasteiger partial charge on any atom is -0.241 e. The highest BCUT2D eigenvalue weighted by molar-refractivity contribution is 5.82. The molecule has 0 fully saturated rings. The Balaban J connectivity index is 1.51. The maximum absolute atomic E-state index is 13.3. The van der Waals surface area contributed by atoms with Gasteiger partial charge < -0.3 is 0 Å². The molecular weight excluding hydrogens is 391 g/mol. The van der Waals surface area contributed by atoms with Crippen LogP contribution in [-0.2, 0) is 6.42 Å². The smallest absolute Gasteiger partial charge is 0.157 e. The zero-order chi connectivity index (χ0) is 21.5. The molecule has 0 saturated carbocycles. The fourth-order valence-corrected chi connectivity index (χ4v) is 3.94. The SMILES string of the molecule is Cc1nn(-c2ccc(F)cc2)c(C)c1Cc1cc(-n2nc(C)c3ccccc32)ncn1. The number of aromatic nitrogens is 6. The number of rotatable bonds is 4. The molecule has 0 atom stereocenters. The highest BCUT2D eigenvalue weighted by Gasteiger charge is 2.16. The zero-order valence-electron chi connectivity index (χ0n) is 17.5. The van der Waals surface area contributed by atoms with Gasteiger partial charge in [0.25, 0.3) is 0 Å². The first-order valence-corrected chi connectivity index (χ1v) is 10.1. The molecule has 0 aliphatic heterocycles. The van der Waals surface area contributed by atoms with Gasteiger partial charge in [0.1, 0.15) is 12.1 Å². The van der Waals surface area contributed by atoms with Crippen LogP contribution in [0.5, 0.6) is 0 Å². The highest BCUT2D eigenvalue weighted by atomic mass is 19.1. The van der Waals surface area contributed by atoms with Crippen molar-refractivity contribution in [3.63, 3.8) is 0 Å². The first kappa shape index (κ1) is 19.1. The van der Waals surface area contributed by atoms with Crippen LogP contribution < -0.4 is 0 Å². The fourth-order valence-electron chi connectivity index (χ4n) is 3.94. The van der Waals surface area contributed by atoms with Crippen molar-refractivity contribution in [2.24, 2.45) is 0 Å². The van der Waals surface area contributed by atoms with E-state index in [2.05, 4.69) is 26.2 Å². The summed E-state index contributed by atoms with van der Waals surface area (Å²) in [4.78, 5) is 8.94. The van der Waals surface area contributed by atoms with E-state index in [-0.39, 0.29) is 5.82 Å². The van der Waals surface area contributed by atoms with Crippen LogP contribution >= 0.6 is 0 Å². The largest absolute Gasteiger partial charge is 0.241 e. The number of hydrogen-bond acceptors (Lipinski definition) is 4. The van der Waals surface area contributed by atoms with E-state index in [1.807, 2.05) is 54.4 Å². The van der Waals surface area contributed by atoms with Gasteiger partial charge in [-0.2, -0.15) is 10.2 Å². The van der Waals surface area contributed by atoms with Crippen LogP contribution in [0, 0.1) is 26.6 Å². The van der Waals surface area contributed by atoms with Crippen LogP contribution in [0.1, 0.15) is 28.3 Å². The summed E-state index contributed by atoms with van der Waals surface area (Å²) in [6.07, 6.45) is 2.19. The summed E-state index contributed by atoms with van der Waals surface area (Å²) in [5.74, 6) is 0.468. The zero-order valence-corrected chi connectivity index (χ0v) is 17.5. The first-order chi connectivity index (χ1) is 15.0. The van der Waals surface area contributed by atoms with Gasteiger partial charge in [-0.1, -0.05) is 18.2 Å². The van der Waals surface area contributed by atoms with Crippen LogP contribution in [0.4, 0.5) is 4.39 Å². The molecule has 0 radical (unpaired) electrons. The van der Waals surface area contributed by atoms with E-state index in [0.717, 1.165) is 50.7 Å². The van der Waals surface area contributed by atoms with Crippen LogP contribution in [0.15, 0.2) is 60.9 Å². The Morgan fingerprint density at radius 1 is 0.839 bits per heavy atom. The van der Waals surface area contributed by atoms with E-state index in [0.29, 0.717) is 6.42 Å². The summed E-state index contributed by atoms with van der Waals surface area (Å²) in [5.41, 5.74) is 6.70. The van der Waals surface area contributed by atoms with Crippen LogP contribution in [0.25, 0.3) is 22.4 Å². The molecule has 2 aromatic carbocycles. The van der Waals surface area contributed by atoms with Crippen molar-refractivity contribution in [1.29, 1.82) is 0 Å². The Morgan fingerprint density at radius 3 is 2.39 bits per heavy atom. The Hall–Kier alpha value is -3.87. The Bertz CT molecular complexity index is 1400. The van der Waals surface area contributed by atoms with E-state index in [1.54, 1.807) is 18.5 Å². The number of halogens is 1. The Labute approximate surface area is 179 Å². The average molecular weight is 412 g/mol. The van der Waals surface area contributed by atoms with Gasteiger partial charge in [0, 0.05) is 29.1 Å². The lowest BCUT2D eigenvalue weighted by molar-refractivity contribution is 0.627. The van der Waals surface area contributed by atoms with E-state index in [1.165, 1.54) is 12.1 Å². The quantitative estimate of drug-likeness (QED) is 0.431. The standard InChI is InChI=1S/C24H21FN6/c1-15-21-6-4-5-7-23(21)31(29-15)24-13-19(26-14-27-24)12-22-16(2)28-30(17(22)3)20-10-8-18(25)9-11-20/h4-11,13-14H,12H2,1-3H3. The minimum absolute atomic E-state index is 0.264. The maximum atomic E-state index is 13.3. The van der Waals surface area contributed by atoms with Gasteiger partial charge in [0.05, 0.1) is 28.3 Å². The molecule has 0 aliphatic rings. The molecule has 3 aromatic heterocycles. The maximum Gasteiger partial charge on any atom is 0.157 e. The van der Waals surface area contributed by atoms with Crippen molar-refractivity contribution in [3.05, 3.63) is 95.1 Å². The van der Waals surface area contributed by atoms with Gasteiger partial charge in [0.2, 0.25) is 0 Å². The summed E-state index contributed by atoms with van der Waals surface area (Å²) >= 11 is 0. The Morgan fingerprint density at radius 2 is 1.58 bits per heavy atom. The Kier molecular flexibility index (Phi) is 4.58. The third kappa shape index (κ3) is 3.38. The molecule has 6 nitrogen and oxygen atoms in total. The topological polar surface area (TPSA) is 61.4 Å². The molecule has 0 amide bonds. The van der Waals surface area contributed by atoms with E-state index < -0.39 is 0 Å². The number of benzene rings is 2. The fraction of sp³-hybridized carbons (Fsp3) is 0.167. The van der Waals surface area contributed by atoms with Crippen molar-refractivity contribution < 1.29 is 4.39 Å². The van der Waals surface area contributed by atoms with E-state index >= 15 is 0 Å². The molecule has 0 bridgehead atoms.